The van der Waals surface area contributed by atoms with Crippen LogP contribution in [0.15, 0.2) is 36.5 Å². The molecule has 64 heavy (non-hydrogen) atoms. The van der Waals surface area contributed by atoms with E-state index in [0.717, 1.165) is 12.1 Å². The highest BCUT2D eigenvalue weighted by molar-refractivity contribution is 5.83. The monoisotopic (exact) mass is 903 g/mol. The lowest BCUT2D eigenvalue weighted by Gasteiger charge is -2.49. The first-order valence-electron chi connectivity index (χ1n) is 23.2. The highest BCUT2D eigenvalue weighted by Crippen LogP contribution is 2.44. The van der Waals surface area contributed by atoms with Gasteiger partial charge in [-0.05, 0) is 78.3 Å². The van der Waals surface area contributed by atoms with Crippen LogP contribution in [0.2, 0.25) is 0 Å². The molecular formula is C48H78N4O12. The van der Waals surface area contributed by atoms with E-state index < -0.39 is 108 Å². The molecule has 17 atom stereocenters. The number of likely N-dealkylation sites (N-methyl/N-ethyl adjacent to an activating group) is 1. The van der Waals surface area contributed by atoms with Crippen LogP contribution in [-0.4, -0.2) is 145 Å². The molecule has 4 N–H and O–H groups in total. The molecule has 0 spiro atoms. The van der Waals surface area contributed by atoms with Gasteiger partial charge in [0.2, 0.25) is 0 Å². The lowest BCUT2D eigenvalue weighted by Crippen LogP contribution is -2.60. The van der Waals surface area contributed by atoms with Crippen LogP contribution >= 0.6 is 0 Å². The summed E-state index contributed by atoms with van der Waals surface area (Å²) in [7, 11) is 3.44. The van der Waals surface area contributed by atoms with Gasteiger partial charge in [-0.3, -0.25) is 19.2 Å². The number of Topliss-reactive ketones (excluding diaryl/α,β-unsaturated/α-hetero) is 1. The van der Waals surface area contributed by atoms with Gasteiger partial charge in [0.1, 0.15) is 29.7 Å². The zero-order chi connectivity index (χ0) is 47.5. The number of ether oxygens (including phenoxy) is 6. The Morgan fingerprint density at radius 3 is 2.23 bits per heavy atom. The number of rotatable bonds is 12. The Kier molecular flexibility index (Phi) is 17.4. The molecule has 3 fully saturated rings. The van der Waals surface area contributed by atoms with Gasteiger partial charge in [-0.25, -0.2) is 0 Å². The average Bonchev–Trinajstić information content (AvgIpc) is 3.70. The highest BCUT2D eigenvalue weighted by atomic mass is 16.7. The molecule has 362 valence electrons. The fraction of sp³-hybridized carbons (Fsp3) is 0.792. The van der Waals surface area contributed by atoms with Crippen LogP contribution < -0.4 is 0 Å². The maximum atomic E-state index is 14.4. The minimum Gasteiger partial charge on any atom is -0.459 e. The Hall–Kier alpha value is -2.90. The molecule has 1 aromatic carbocycles. The molecule has 1 aromatic heterocycles. The van der Waals surface area contributed by atoms with E-state index in [1.54, 1.807) is 41.5 Å². The molecule has 2 aromatic rings. The van der Waals surface area contributed by atoms with E-state index in [-0.39, 0.29) is 31.1 Å². The van der Waals surface area contributed by atoms with Crippen LogP contribution in [0.25, 0.3) is 0 Å². The minimum atomic E-state index is -1.96. The fourth-order valence-electron chi connectivity index (χ4n) is 10.5. The third-order valence-corrected chi connectivity index (χ3v) is 14.5. The van der Waals surface area contributed by atoms with Gasteiger partial charge in [0.25, 0.3) is 0 Å². The largest absolute Gasteiger partial charge is 0.459 e. The van der Waals surface area contributed by atoms with Crippen molar-refractivity contribution in [2.45, 2.75) is 200 Å². The lowest BCUT2D eigenvalue weighted by molar-refractivity contribution is -0.313. The molecular weight excluding hydrogens is 825 g/mol. The van der Waals surface area contributed by atoms with E-state index in [0.29, 0.717) is 19.5 Å². The van der Waals surface area contributed by atoms with Crippen molar-refractivity contribution in [3.8, 4) is 0 Å². The summed E-state index contributed by atoms with van der Waals surface area (Å²) < 4.78 is 40.2. The van der Waals surface area contributed by atoms with E-state index in [4.69, 9.17) is 28.4 Å². The minimum absolute atomic E-state index is 0.133. The molecule has 5 rings (SSSR count). The number of hydrogen-bond donors (Lipinski definition) is 4. The van der Waals surface area contributed by atoms with Crippen molar-refractivity contribution in [3.05, 3.63) is 47.8 Å². The quantitative estimate of drug-likeness (QED) is 0.217. The van der Waals surface area contributed by atoms with Crippen molar-refractivity contribution in [2.75, 3.05) is 14.2 Å². The number of benzene rings is 1. The molecule has 0 amide bonds. The van der Waals surface area contributed by atoms with Crippen molar-refractivity contribution >= 4 is 11.8 Å². The number of aliphatic hydroxyl groups is 4. The average molecular weight is 903 g/mol. The second-order valence-corrected chi connectivity index (χ2v) is 20.3. The second kappa shape index (κ2) is 21.4. The number of esters is 1. The predicted octanol–water partition coefficient (Wildman–Crippen LogP) is 4.47. The summed E-state index contributed by atoms with van der Waals surface area (Å²) >= 11 is 0. The van der Waals surface area contributed by atoms with Gasteiger partial charge in [0.15, 0.2) is 12.6 Å². The van der Waals surface area contributed by atoms with Gasteiger partial charge >= 0.3 is 5.97 Å². The number of aromatic nitrogens is 3. The van der Waals surface area contributed by atoms with E-state index in [2.05, 4.69) is 22.4 Å². The first kappa shape index (κ1) is 52.1. The van der Waals surface area contributed by atoms with Crippen LogP contribution in [-0.2, 0) is 57.5 Å². The SMILES string of the molecule is CC[C@H]1OC(=O)[C@H](C)[C@@H](O[C@H]2C[C@@](C)(OC)[C@@H](O)[C@H](C)O2)[C@H](C)[C@@H](O[C@@H]2O[C@H](C)C[C@H](N(C)Cc3cn(CCc4ccccc4)nn3)[C@H]2O)C(C)(C)C[C@@H](C)C(=O)[C@H](C)[C@@H](O)[C@]1(C)O. The lowest BCUT2D eigenvalue weighted by atomic mass is 9.69. The van der Waals surface area contributed by atoms with Crippen LogP contribution in [0.3, 0.4) is 0 Å². The maximum absolute atomic E-state index is 14.4. The van der Waals surface area contributed by atoms with Gasteiger partial charge in [0, 0.05) is 56.6 Å². The number of carbonyl (C=O) groups excluding carboxylic acids is 2. The number of aryl methyl sites for hydroxylation is 2. The van der Waals surface area contributed by atoms with Gasteiger partial charge in [-0.1, -0.05) is 77.1 Å². The fourth-order valence-corrected chi connectivity index (χ4v) is 10.5. The molecule has 0 unspecified atom stereocenters. The standard InChI is InChI=1S/C48H78N4O12/c1-14-36-48(11,58)41(55)29(4)38(53)27(2)23-46(8,9)43(30(5)40(31(6)44(57)62-36)63-37-24-47(10,59-13)42(56)32(7)61-37)64-45-39(54)35(22-28(3)60-45)51(12)25-34-26-52(50-49-34)21-20-33-18-16-15-17-19-33/h15-19,26-32,35-37,39-43,45,54-56,58H,14,20-25H2,1-13H3/t27-,28-,29+,30+,31-,32+,35+,36-,37+,39-,40+,41-,42+,43-,45+,47-,48-/m1/s1. The summed E-state index contributed by atoms with van der Waals surface area (Å²) in [5.74, 6) is -4.22. The molecule has 0 bridgehead atoms. The van der Waals surface area contributed by atoms with Crippen molar-refractivity contribution in [1.29, 1.82) is 0 Å². The highest BCUT2D eigenvalue weighted by Gasteiger charge is 2.53. The van der Waals surface area contributed by atoms with E-state index in [1.165, 1.54) is 19.6 Å². The smallest absolute Gasteiger partial charge is 0.311 e. The summed E-state index contributed by atoms with van der Waals surface area (Å²) in [6, 6.07) is 9.79. The number of methoxy groups -OCH3 is 1. The van der Waals surface area contributed by atoms with Crippen LogP contribution in [0, 0.1) is 29.1 Å². The molecule has 3 saturated heterocycles. The summed E-state index contributed by atoms with van der Waals surface area (Å²) in [5, 5.41) is 55.3. The Bertz CT molecular complexity index is 1810. The molecule has 3 aliphatic heterocycles. The Balaban J connectivity index is 1.48. The first-order chi connectivity index (χ1) is 29.9. The normalized spacial score (nSPS) is 40.5. The molecule has 0 saturated carbocycles. The predicted molar refractivity (Wildman–Crippen MR) is 237 cm³/mol. The topological polar surface area (TPSA) is 204 Å². The van der Waals surface area contributed by atoms with Gasteiger partial charge < -0.3 is 48.8 Å². The van der Waals surface area contributed by atoms with Crippen LogP contribution in [0.1, 0.15) is 113 Å². The van der Waals surface area contributed by atoms with Gasteiger partial charge in [0.05, 0.1) is 47.7 Å². The summed E-state index contributed by atoms with van der Waals surface area (Å²) in [4.78, 5) is 30.6. The Labute approximate surface area is 380 Å². The molecule has 16 heteroatoms. The van der Waals surface area contributed by atoms with Crippen molar-refractivity contribution < 1.29 is 58.4 Å². The number of cyclic esters (lactones) is 1. The van der Waals surface area contributed by atoms with E-state index in [1.807, 2.05) is 68.7 Å². The van der Waals surface area contributed by atoms with Gasteiger partial charge in [-0.15, -0.1) is 5.10 Å². The molecule has 0 aliphatic carbocycles. The second-order valence-electron chi connectivity index (χ2n) is 20.3. The van der Waals surface area contributed by atoms with Crippen molar-refractivity contribution in [1.82, 2.24) is 19.9 Å². The zero-order valence-electron chi connectivity index (χ0n) is 40.4. The van der Waals surface area contributed by atoms with Gasteiger partial charge in [-0.2, -0.15) is 0 Å². The van der Waals surface area contributed by atoms with E-state index >= 15 is 0 Å². The molecule has 4 heterocycles. The number of hydrogen-bond acceptors (Lipinski definition) is 15. The summed E-state index contributed by atoms with van der Waals surface area (Å²) in [6.07, 6.45) is -5.86. The number of aliphatic hydroxyl groups excluding tert-OH is 3. The Morgan fingerprint density at radius 1 is 0.922 bits per heavy atom. The first-order valence-corrected chi connectivity index (χ1v) is 23.2. The summed E-state index contributed by atoms with van der Waals surface area (Å²) in [5.41, 5.74) is -1.89. The Morgan fingerprint density at radius 2 is 1.59 bits per heavy atom. The maximum Gasteiger partial charge on any atom is 0.311 e. The number of nitrogens with zero attached hydrogens (tertiary/aromatic N) is 4. The van der Waals surface area contributed by atoms with Crippen molar-refractivity contribution in [3.63, 3.8) is 0 Å². The zero-order valence-corrected chi connectivity index (χ0v) is 40.4. The number of ketones is 1. The van der Waals surface area contributed by atoms with E-state index in [9.17, 15) is 30.0 Å². The molecule has 0 radical (unpaired) electrons. The molecule has 3 aliphatic rings. The summed E-state index contributed by atoms with van der Waals surface area (Å²) in [6.45, 7) is 20.5. The van der Waals surface area contributed by atoms with Crippen molar-refractivity contribution in [2.24, 2.45) is 29.1 Å². The number of carbonyl (C=O) groups is 2. The third kappa shape index (κ3) is 11.8. The molecule has 16 nitrogen and oxygen atoms in total. The third-order valence-electron chi connectivity index (χ3n) is 14.5. The van der Waals surface area contributed by atoms with Crippen LogP contribution in [0.4, 0.5) is 0 Å². The van der Waals surface area contributed by atoms with Crippen LogP contribution in [0.5, 0.6) is 0 Å².